The lowest BCUT2D eigenvalue weighted by molar-refractivity contribution is -0.115. The van der Waals surface area contributed by atoms with E-state index in [1.165, 1.54) is 0 Å². The van der Waals surface area contributed by atoms with Gasteiger partial charge in [-0.2, -0.15) is 5.10 Å². The van der Waals surface area contributed by atoms with Gasteiger partial charge in [-0.1, -0.05) is 6.07 Å². The Morgan fingerprint density at radius 3 is 2.82 bits per heavy atom. The van der Waals surface area contributed by atoms with Gasteiger partial charge in [-0.05, 0) is 60.8 Å². The molecule has 2 saturated heterocycles. The van der Waals surface area contributed by atoms with Crippen LogP contribution in [0.4, 0.5) is 10.7 Å². The summed E-state index contributed by atoms with van der Waals surface area (Å²) in [5.41, 5.74) is 3.70. The molecule has 0 unspecified atom stereocenters. The number of pyridine rings is 1. The van der Waals surface area contributed by atoms with Crippen LogP contribution in [-0.4, -0.2) is 55.9 Å². The number of rotatable bonds is 7. The summed E-state index contributed by atoms with van der Waals surface area (Å²) in [6.45, 7) is 3.42. The summed E-state index contributed by atoms with van der Waals surface area (Å²) in [6, 6.07) is 5.78. The van der Waals surface area contributed by atoms with Crippen molar-refractivity contribution < 1.29 is 9.59 Å². The summed E-state index contributed by atoms with van der Waals surface area (Å²) in [6.07, 6.45) is 10.8. The quantitative estimate of drug-likeness (QED) is 0.441. The number of hydrogen-bond donors (Lipinski definition) is 3. The van der Waals surface area contributed by atoms with Crippen LogP contribution >= 0.6 is 11.8 Å². The molecule has 11 heteroatoms. The van der Waals surface area contributed by atoms with Crippen molar-refractivity contribution in [3.05, 3.63) is 59.1 Å². The molecule has 0 radical (unpaired) electrons. The normalized spacial score (nSPS) is 18.0. The van der Waals surface area contributed by atoms with E-state index in [9.17, 15) is 9.59 Å². The Bertz CT molecular complexity index is 1210. The van der Waals surface area contributed by atoms with Gasteiger partial charge in [-0.25, -0.2) is 9.97 Å². The van der Waals surface area contributed by atoms with Gasteiger partial charge < -0.3 is 10.2 Å². The smallest absolute Gasteiger partial charge is 0.290 e. The highest BCUT2D eigenvalue weighted by molar-refractivity contribution is 8.18. The molecule has 34 heavy (non-hydrogen) atoms. The Balaban J connectivity index is 1.13. The lowest BCUT2D eigenvalue weighted by Gasteiger charge is -2.32. The molecule has 2 fully saturated rings. The molecule has 2 amide bonds. The van der Waals surface area contributed by atoms with Crippen LogP contribution in [0.25, 0.3) is 17.3 Å². The van der Waals surface area contributed by atoms with Crippen molar-refractivity contribution >= 4 is 34.9 Å². The van der Waals surface area contributed by atoms with Crippen LogP contribution in [0.3, 0.4) is 0 Å². The van der Waals surface area contributed by atoms with E-state index in [0.29, 0.717) is 22.5 Å². The maximum Gasteiger partial charge on any atom is 0.290 e. The zero-order valence-electron chi connectivity index (χ0n) is 18.4. The Morgan fingerprint density at radius 1 is 1.18 bits per heavy atom. The third-order valence-corrected chi connectivity index (χ3v) is 6.70. The topological polar surface area (TPSA) is 129 Å². The number of nitrogens with one attached hydrogen (secondary N) is 3. The van der Waals surface area contributed by atoms with Crippen LogP contribution in [0.1, 0.15) is 24.1 Å². The number of hydrogen-bond acceptors (Lipinski definition) is 9. The number of H-pyrrole nitrogens is 1. The summed E-state index contributed by atoms with van der Waals surface area (Å²) in [5, 5.41) is 12.4. The lowest BCUT2D eigenvalue weighted by atomic mass is 9.97. The minimum atomic E-state index is -0.383. The standard InChI is InChI=1S/C23H24N8O2S/c32-21-19(34-23(33)30-21)10-18-3-7-26-22(29-18)31-8-4-15(5-9-31)11-24-12-16-2-1-6-25-20(16)17-13-27-28-14-17/h1-3,6-7,10,13-15,24H,4-5,8-9,11-12H2,(H,27,28)(H,30,32,33). The number of carbonyl (C=O) groups is 2. The molecule has 0 atom stereocenters. The van der Waals surface area contributed by atoms with Crippen molar-refractivity contribution in [2.75, 3.05) is 24.5 Å². The molecule has 0 aromatic carbocycles. The molecule has 3 N–H and O–H groups in total. The second-order valence-electron chi connectivity index (χ2n) is 8.19. The monoisotopic (exact) mass is 476 g/mol. The van der Waals surface area contributed by atoms with E-state index in [1.807, 2.05) is 12.3 Å². The number of nitrogens with zero attached hydrogens (tertiary/aromatic N) is 5. The third-order valence-electron chi connectivity index (χ3n) is 5.89. The maximum absolute atomic E-state index is 11.8. The van der Waals surface area contributed by atoms with Gasteiger partial charge in [0.1, 0.15) is 0 Å². The fourth-order valence-electron chi connectivity index (χ4n) is 4.12. The summed E-state index contributed by atoms with van der Waals surface area (Å²) in [4.78, 5) is 39.2. The van der Waals surface area contributed by atoms with Gasteiger partial charge >= 0.3 is 0 Å². The Morgan fingerprint density at radius 2 is 2.06 bits per heavy atom. The van der Waals surface area contributed by atoms with Gasteiger partial charge in [0, 0.05) is 43.8 Å². The van der Waals surface area contributed by atoms with Crippen molar-refractivity contribution in [3.8, 4) is 11.3 Å². The average molecular weight is 477 g/mol. The van der Waals surface area contributed by atoms with E-state index in [0.717, 1.165) is 67.6 Å². The van der Waals surface area contributed by atoms with Crippen LogP contribution in [-0.2, 0) is 11.3 Å². The Kier molecular flexibility index (Phi) is 6.63. The zero-order chi connectivity index (χ0) is 23.3. The summed E-state index contributed by atoms with van der Waals surface area (Å²) in [5.74, 6) is 0.836. The van der Waals surface area contributed by atoms with E-state index >= 15 is 0 Å². The highest BCUT2D eigenvalue weighted by atomic mass is 32.2. The van der Waals surface area contributed by atoms with Crippen molar-refractivity contribution in [1.29, 1.82) is 0 Å². The van der Waals surface area contributed by atoms with Gasteiger partial charge in [0.25, 0.3) is 11.1 Å². The van der Waals surface area contributed by atoms with Crippen LogP contribution in [0, 0.1) is 5.92 Å². The highest BCUT2D eigenvalue weighted by Crippen LogP contribution is 2.26. The number of anilines is 1. The summed E-state index contributed by atoms with van der Waals surface area (Å²) in [7, 11) is 0. The first-order chi connectivity index (χ1) is 16.7. The molecule has 10 nitrogen and oxygen atoms in total. The number of aromatic amines is 1. The minimum absolute atomic E-state index is 0.351. The first kappa shape index (κ1) is 22.2. The molecular formula is C23H24N8O2S. The third kappa shape index (κ3) is 5.15. The Hall–Kier alpha value is -3.57. The first-order valence-corrected chi connectivity index (χ1v) is 11.9. The predicted octanol–water partition coefficient (Wildman–Crippen LogP) is 2.59. The van der Waals surface area contributed by atoms with Gasteiger partial charge in [0.15, 0.2) is 0 Å². The van der Waals surface area contributed by atoms with Crippen molar-refractivity contribution in [1.82, 2.24) is 35.8 Å². The van der Waals surface area contributed by atoms with Gasteiger partial charge in [-0.15, -0.1) is 0 Å². The molecule has 0 aliphatic carbocycles. The predicted molar refractivity (Wildman–Crippen MR) is 130 cm³/mol. The van der Waals surface area contributed by atoms with E-state index in [-0.39, 0.29) is 11.1 Å². The zero-order valence-corrected chi connectivity index (χ0v) is 19.2. The molecule has 0 saturated carbocycles. The number of amides is 2. The molecule has 174 valence electrons. The Labute approximate surface area is 200 Å². The summed E-state index contributed by atoms with van der Waals surface area (Å²) < 4.78 is 0. The average Bonchev–Trinajstić information content (AvgIpc) is 3.50. The lowest BCUT2D eigenvalue weighted by Crippen LogP contribution is -2.38. The number of aromatic nitrogens is 5. The number of carbonyl (C=O) groups excluding carboxylic acids is 2. The second kappa shape index (κ2) is 10.1. The van der Waals surface area contributed by atoms with Gasteiger partial charge in [0.05, 0.1) is 22.5 Å². The number of thioether (sulfide) groups is 1. The van der Waals surface area contributed by atoms with Crippen LogP contribution in [0.2, 0.25) is 0 Å². The molecule has 5 heterocycles. The first-order valence-electron chi connectivity index (χ1n) is 11.1. The molecule has 3 aromatic rings. The number of imide groups is 1. The second-order valence-corrected chi connectivity index (χ2v) is 9.21. The van der Waals surface area contributed by atoms with Crippen molar-refractivity contribution in [2.24, 2.45) is 5.92 Å². The SMILES string of the molecule is O=C1NC(=O)C(=Cc2ccnc(N3CCC(CNCc4cccnc4-c4cn[nH]c4)CC3)n2)S1. The van der Waals surface area contributed by atoms with Gasteiger partial charge in [0.2, 0.25) is 5.95 Å². The molecular weight excluding hydrogens is 452 g/mol. The van der Waals surface area contributed by atoms with E-state index in [1.54, 1.807) is 30.7 Å². The van der Waals surface area contributed by atoms with E-state index in [2.05, 4.69) is 46.7 Å². The van der Waals surface area contributed by atoms with Crippen molar-refractivity contribution in [2.45, 2.75) is 19.4 Å². The van der Waals surface area contributed by atoms with E-state index < -0.39 is 0 Å². The molecule has 3 aromatic heterocycles. The van der Waals surface area contributed by atoms with E-state index in [4.69, 9.17) is 0 Å². The fraction of sp³-hybridized carbons (Fsp3) is 0.304. The van der Waals surface area contributed by atoms with Crippen molar-refractivity contribution in [3.63, 3.8) is 0 Å². The maximum atomic E-state index is 11.8. The minimum Gasteiger partial charge on any atom is -0.341 e. The fourth-order valence-corrected chi connectivity index (χ4v) is 4.79. The summed E-state index contributed by atoms with van der Waals surface area (Å²) >= 11 is 0.888. The largest absolute Gasteiger partial charge is 0.341 e. The van der Waals surface area contributed by atoms with Crippen LogP contribution < -0.4 is 15.5 Å². The van der Waals surface area contributed by atoms with Crippen LogP contribution in [0.15, 0.2) is 47.9 Å². The molecule has 2 aliphatic heterocycles. The highest BCUT2D eigenvalue weighted by Gasteiger charge is 2.25. The van der Waals surface area contributed by atoms with Gasteiger partial charge in [-0.3, -0.25) is 25.0 Å². The molecule has 0 spiro atoms. The molecule has 2 aliphatic rings. The number of piperidine rings is 1. The molecule has 0 bridgehead atoms. The van der Waals surface area contributed by atoms with Crippen LogP contribution in [0.5, 0.6) is 0 Å². The molecule has 5 rings (SSSR count).